The van der Waals surface area contributed by atoms with Gasteiger partial charge in [0.05, 0.1) is 0 Å². The molecule has 2 nitrogen and oxygen atoms in total. The lowest BCUT2D eigenvalue weighted by atomic mass is 9.93. The Morgan fingerprint density at radius 3 is 2.46 bits per heavy atom. The molecular formula is C21H28NOP. The molecule has 0 aliphatic carbocycles. The molecular weight excluding hydrogens is 313 g/mol. The van der Waals surface area contributed by atoms with Crippen molar-refractivity contribution >= 4 is 20.1 Å². The lowest BCUT2D eigenvalue weighted by Gasteiger charge is -2.31. The van der Waals surface area contributed by atoms with Gasteiger partial charge in [0.25, 0.3) is 0 Å². The molecule has 2 atom stereocenters. The maximum Gasteiger partial charge on any atom is 0.122 e. The van der Waals surface area contributed by atoms with E-state index < -0.39 is 0 Å². The molecule has 0 saturated heterocycles. The predicted molar refractivity (Wildman–Crippen MR) is 108 cm³/mol. The summed E-state index contributed by atoms with van der Waals surface area (Å²) in [4.78, 5) is 4.21. The molecule has 24 heavy (non-hydrogen) atoms. The molecule has 2 aromatic carbocycles. The molecule has 0 bridgehead atoms. The van der Waals surface area contributed by atoms with Gasteiger partial charge in [0.2, 0.25) is 0 Å². The number of aryl methyl sites for hydroxylation is 3. The van der Waals surface area contributed by atoms with Crippen LogP contribution in [0.1, 0.15) is 48.1 Å². The van der Waals surface area contributed by atoms with Gasteiger partial charge in [-0.3, -0.25) is 4.99 Å². The lowest BCUT2D eigenvalue weighted by Crippen LogP contribution is -2.20. The Labute approximate surface area is 147 Å². The van der Waals surface area contributed by atoms with Crippen LogP contribution < -0.4 is 5.30 Å². The summed E-state index contributed by atoms with van der Waals surface area (Å²) in [5.74, 6) is 0.440. The highest BCUT2D eigenvalue weighted by molar-refractivity contribution is 7.48. The number of hydrogen-bond acceptors (Lipinski definition) is 2. The van der Waals surface area contributed by atoms with E-state index in [1.807, 2.05) is 26.3 Å². The lowest BCUT2D eigenvalue weighted by molar-refractivity contribution is 0.452. The molecule has 2 aromatic rings. The van der Waals surface area contributed by atoms with Gasteiger partial charge in [-0.2, -0.15) is 0 Å². The van der Waals surface area contributed by atoms with Crippen molar-refractivity contribution in [3.05, 3.63) is 58.1 Å². The smallest absolute Gasteiger partial charge is 0.122 e. The Kier molecular flexibility index (Phi) is 5.83. The van der Waals surface area contributed by atoms with Crippen LogP contribution >= 0.6 is 8.58 Å². The third-order valence-corrected chi connectivity index (χ3v) is 6.53. The molecule has 0 saturated carbocycles. The summed E-state index contributed by atoms with van der Waals surface area (Å²) in [6, 6.07) is 10.7. The van der Waals surface area contributed by atoms with Gasteiger partial charge in [-0.15, -0.1) is 0 Å². The van der Waals surface area contributed by atoms with Gasteiger partial charge in [-0.1, -0.05) is 57.8 Å². The molecule has 0 aromatic heterocycles. The van der Waals surface area contributed by atoms with Crippen molar-refractivity contribution in [1.82, 2.24) is 0 Å². The summed E-state index contributed by atoms with van der Waals surface area (Å²) in [6.45, 7) is 10.6. The summed E-state index contributed by atoms with van der Waals surface area (Å²) in [5.41, 5.74) is 5.63. The topological polar surface area (TPSA) is 32.6 Å². The average molecular weight is 341 g/mol. The molecule has 2 rings (SSSR count). The van der Waals surface area contributed by atoms with E-state index >= 15 is 0 Å². The first-order chi connectivity index (χ1) is 11.3. The second-order valence-corrected chi connectivity index (χ2v) is 8.66. The summed E-state index contributed by atoms with van der Waals surface area (Å²) >= 11 is 0. The molecule has 0 fully saturated rings. The quantitative estimate of drug-likeness (QED) is 0.603. The Hall–Kier alpha value is -1.66. The van der Waals surface area contributed by atoms with Crippen LogP contribution in [0.4, 0.5) is 0 Å². The number of aromatic hydroxyl groups is 1. The summed E-state index contributed by atoms with van der Waals surface area (Å²) in [5, 5.41) is 11.9. The Morgan fingerprint density at radius 1 is 1.12 bits per heavy atom. The fraction of sp³-hybridized carbons (Fsp3) is 0.381. The highest BCUT2D eigenvalue weighted by Crippen LogP contribution is 2.48. The molecule has 0 amide bonds. The fourth-order valence-corrected chi connectivity index (χ4v) is 4.61. The van der Waals surface area contributed by atoms with Crippen molar-refractivity contribution in [2.24, 2.45) is 4.99 Å². The van der Waals surface area contributed by atoms with E-state index in [2.05, 4.69) is 57.0 Å². The zero-order chi connectivity index (χ0) is 17.9. The third-order valence-electron chi connectivity index (χ3n) is 4.63. The van der Waals surface area contributed by atoms with Crippen LogP contribution in [0.5, 0.6) is 5.75 Å². The number of hydrogen-bond donors (Lipinski definition) is 1. The second kappa shape index (κ2) is 7.49. The molecule has 0 aliphatic rings. The van der Waals surface area contributed by atoms with E-state index in [0.29, 0.717) is 14.3 Å². The normalized spacial score (nSPS) is 14.6. The maximum atomic E-state index is 10.7. The van der Waals surface area contributed by atoms with E-state index in [1.165, 1.54) is 22.0 Å². The maximum absolute atomic E-state index is 10.7. The molecule has 128 valence electrons. The largest absolute Gasteiger partial charge is 0.507 e. The number of rotatable bonds is 5. The minimum Gasteiger partial charge on any atom is -0.507 e. The minimum absolute atomic E-state index is 0.0908. The first-order valence-corrected chi connectivity index (χ1v) is 9.42. The Morgan fingerprint density at radius 2 is 1.83 bits per heavy atom. The summed E-state index contributed by atoms with van der Waals surface area (Å²) < 4.78 is 0. The van der Waals surface area contributed by atoms with E-state index in [-0.39, 0.29) is 5.16 Å². The van der Waals surface area contributed by atoms with Crippen LogP contribution in [0, 0.1) is 20.8 Å². The third kappa shape index (κ3) is 3.87. The van der Waals surface area contributed by atoms with Gasteiger partial charge >= 0.3 is 0 Å². The van der Waals surface area contributed by atoms with Gasteiger partial charge < -0.3 is 5.11 Å². The van der Waals surface area contributed by atoms with Gasteiger partial charge in [0.15, 0.2) is 0 Å². The minimum atomic E-state index is -0.0908. The first-order valence-electron chi connectivity index (χ1n) is 8.42. The van der Waals surface area contributed by atoms with E-state index in [1.54, 1.807) is 0 Å². The number of phenolic OH excluding ortho intramolecular Hbond substituents is 1. The monoisotopic (exact) mass is 341 g/mol. The van der Waals surface area contributed by atoms with Gasteiger partial charge in [-0.25, -0.2) is 0 Å². The van der Waals surface area contributed by atoms with Crippen LogP contribution in [0.3, 0.4) is 0 Å². The van der Waals surface area contributed by atoms with E-state index in [0.717, 1.165) is 17.5 Å². The zero-order valence-corrected chi connectivity index (χ0v) is 16.6. The van der Waals surface area contributed by atoms with Gasteiger partial charge in [0.1, 0.15) is 5.75 Å². The van der Waals surface area contributed by atoms with Crippen LogP contribution in [-0.2, 0) is 5.16 Å². The molecule has 2 unspecified atom stereocenters. The molecule has 0 heterocycles. The SMILES string of the molecule is CCC(C)(Pc1ccc(C)cc1C=NC)c1cc(C)cc(C)c1O. The van der Waals surface area contributed by atoms with Crippen molar-refractivity contribution in [3.63, 3.8) is 0 Å². The molecule has 1 N–H and O–H groups in total. The Balaban J connectivity index is 2.53. The number of nitrogens with zero attached hydrogens (tertiary/aromatic N) is 1. The van der Waals surface area contributed by atoms with Crippen molar-refractivity contribution in [3.8, 4) is 5.75 Å². The van der Waals surface area contributed by atoms with Gasteiger partial charge in [0, 0.05) is 24.0 Å². The van der Waals surface area contributed by atoms with Gasteiger partial charge in [-0.05, 0) is 49.7 Å². The van der Waals surface area contributed by atoms with Crippen LogP contribution in [0.25, 0.3) is 0 Å². The van der Waals surface area contributed by atoms with E-state index in [9.17, 15) is 5.11 Å². The fourth-order valence-electron chi connectivity index (χ4n) is 3.07. The van der Waals surface area contributed by atoms with Crippen molar-refractivity contribution in [2.75, 3.05) is 7.05 Å². The predicted octanol–water partition coefficient (Wildman–Crippen LogP) is 5.00. The molecule has 0 spiro atoms. The highest BCUT2D eigenvalue weighted by atomic mass is 31.1. The number of phenols is 1. The van der Waals surface area contributed by atoms with Crippen LogP contribution in [0.15, 0.2) is 35.3 Å². The number of aliphatic imine (C=N–C) groups is 1. The molecule has 0 aliphatic heterocycles. The second-order valence-electron chi connectivity index (χ2n) is 6.77. The summed E-state index contributed by atoms with van der Waals surface area (Å²) in [7, 11) is 2.38. The summed E-state index contributed by atoms with van der Waals surface area (Å²) in [6.07, 6.45) is 2.91. The molecule has 0 radical (unpaired) electrons. The average Bonchev–Trinajstić information content (AvgIpc) is 2.53. The zero-order valence-electron chi connectivity index (χ0n) is 15.6. The van der Waals surface area contributed by atoms with Crippen LogP contribution in [0.2, 0.25) is 0 Å². The van der Waals surface area contributed by atoms with E-state index in [4.69, 9.17) is 0 Å². The standard InChI is InChI=1S/C21H28NOP/c1-7-21(5,18-12-15(3)10-16(4)20(18)23)24-19-9-8-14(2)11-17(19)13-22-6/h8-13,23-24H,7H2,1-6H3. The Bertz CT molecular complexity index is 767. The first kappa shape index (κ1) is 18.7. The van der Waals surface area contributed by atoms with Crippen molar-refractivity contribution in [2.45, 2.75) is 46.2 Å². The molecule has 3 heteroatoms. The highest BCUT2D eigenvalue weighted by Gasteiger charge is 2.29. The van der Waals surface area contributed by atoms with Crippen LogP contribution in [-0.4, -0.2) is 18.4 Å². The van der Waals surface area contributed by atoms with Crippen molar-refractivity contribution < 1.29 is 5.11 Å². The van der Waals surface area contributed by atoms with Crippen molar-refractivity contribution in [1.29, 1.82) is 0 Å². The number of benzene rings is 2.